The van der Waals surface area contributed by atoms with E-state index in [4.69, 9.17) is 4.98 Å². The minimum Gasteiger partial charge on any atom is -0.317 e. The number of benzene rings is 1. The SMILES string of the molecule is Cc1nc(-c2ccccc2)sc1C(C)N(C)CC1CCNCC1. The number of piperidine rings is 1. The molecule has 1 aromatic heterocycles. The zero-order chi connectivity index (χ0) is 16.2. The fourth-order valence-corrected chi connectivity index (χ4v) is 4.52. The minimum atomic E-state index is 0.430. The molecule has 1 aliphatic rings. The minimum absolute atomic E-state index is 0.430. The smallest absolute Gasteiger partial charge is 0.123 e. The van der Waals surface area contributed by atoms with Crippen molar-refractivity contribution in [3.05, 3.63) is 40.9 Å². The lowest BCUT2D eigenvalue weighted by Gasteiger charge is -2.31. The van der Waals surface area contributed by atoms with E-state index < -0.39 is 0 Å². The predicted molar refractivity (Wildman–Crippen MR) is 98.9 cm³/mol. The van der Waals surface area contributed by atoms with E-state index in [1.807, 2.05) is 11.3 Å². The Balaban J connectivity index is 1.71. The summed E-state index contributed by atoms with van der Waals surface area (Å²) in [7, 11) is 2.26. The molecule has 0 bridgehead atoms. The predicted octanol–water partition coefficient (Wildman–Crippen LogP) is 4.11. The first-order valence-corrected chi connectivity index (χ1v) is 9.40. The summed E-state index contributed by atoms with van der Waals surface area (Å²) in [6, 6.07) is 10.9. The average Bonchev–Trinajstić information content (AvgIpc) is 2.97. The van der Waals surface area contributed by atoms with Crippen molar-refractivity contribution in [3.63, 3.8) is 0 Å². The molecule has 1 atom stereocenters. The fraction of sp³-hybridized carbons (Fsp3) is 0.526. The Morgan fingerprint density at radius 1 is 1.26 bits per heavy atom. The van der Waals surface area contributed by atoms with E-state index in [9.17, 15) is 0 Å². The van der Waals surface area contributed by atoms with Gasteiger partial charge in [-0.05, 0) is 52.7 Å². The van der Waals surface area contributed by atoms with Gasteiger partial charge in [-0.1, -0.05) is 30.3 Å². The zero-order valence-electron chi connectivity index (χ0n) is 14.4. The first-order valence-electron chi connectivity index (χ1n) is 8.59. The molecule has 23 heavy (non-hydrogen) atoms. The number of rotatable bonds is 5. The van der Waals surface area contributed by atoms with Gasteiger partial charge in [0.25, 0.3) is 0 Å². The van der Waals surface area contributed by atoms with Gasteiger partial charge in [0.05, 0.1) is 5.69 Å². The molecule has 0 amide bonds. The average molecular weight is 330 g/mol. The standard InChI is InChI=1S/C19H27N3S/c1-14-18(23-19(21-14)17-7-5-4-6-8-17)15(2)22(3)13-16-9-11-20-12-10-16/h4-8,15-16,20H,9-13H2,1-3H3. The number of hydrogen-bond acceptors (Lipinski definition) is 4. The molecule has 1 fully saturated rings. The monoisotopic (exact) mass is 329 g/mol. The van der Waals surface area contributed by atoms with Crippen LogP contribution in [0, 0.1) is 12.8 Å². The van der Waals surface area contributed by atoms with Crippen molar-refractivity contribution in [2.75, 3.05) is 26.7 Å². The molecule has 2 heterocycles. The van der Waals surface area contributed by atoms with Crippen LogP contribution in [-0.2, 0) is 0 Å². The Bertz CT molecular complexity index is 617. The number of aromatic nitrogens is 1. The van der Waals surface area contributed by atoms with Crippen molar-refractivity contribution in [2.45, 2.75) is 32.7 Å². The Hall–Kier alpha value is -1.23. The highest BCUT2D eigenvalue weighted by Crippen LogP contribution is 2.34. The molecule has 124 valence electrons. The summed E-state index contributed by atoms with van der Waals surface area (Å²) >= 11 is 1.85. The lowest BCUT2D eigenvalue weighted by atomic mass is 9.97. The lowest BCUT2D eigenvalue weighted by molar-refractivity contribution is 0.198. The van der Waals surface area contributed by atoms with Gasteiger partial charge >= 0.3 is 0 Å². The third-order valence-electron chi connectivity index (χ3n) is 4.90. The maximum atomic E-state index is 4.81. The second-order valence-corrected chi connectivity index (χ2v) is 7.67. The topological polar surface area (TPSA) is 28.2 Å². The summed E-state index contributed by atoms with van der Waals surface area (Å²) in [4.78, 5) is 8.72. The van der Waals surface area contributed by atoms with Crippen molar-refractivity contribution >= 4 is 11.3 Å². The van der Waals surface area contributed by atoms with Crippen LogP contribution in [-0.4, -0.2) is 36.6 Å². The van der Waals surface area contributed by atoms with Crippen LogP contribution >= 0.6 is 11.3 Å². The van der Waals surface area contributed by atoms with Gasteiger partial charge in [0, 0.05) is 23.0 Å². The van der Waals surface area contributed by atoms with Crippen molar-refractivity contribution in [2.24, 2.45) is 5.92 Å². The molecule has 3 rings (SSSR count). The maximum Gasteiger partial charge on any atom is 0.123 e. The Morgan fingerprint density at radius 2 is 1.96 bits per heavy atom. The van der Waals surface area contributed by atoms with Crippen LogP contribution < -0.4 is 5.32 Å². The van der Waals surface area contributed by atoms with Gasteiger partial charge in [0.2, 0.25) is 0 Å². The third-order valence-corrected chi connectivity index (χ3v) is 6.28. The van der Waals surface area contributed by atoms with E-state index >= 15 is 0 Å². The summed E-state index contributed by atoms with van der Waals surface area (Å²) in [5.74, 6) is 0.825. The van der Waals surface area contributed by atoms with E-state index in [1.165, 1.54) is 48.6 Å². The quantitative estimate of drug-likeness (QED) is 0.895. The Morgan fingerprint density at radius 3 is 2.65 bits per heavy atom. The van der Waals surface area contributed by atoms with Crippen molar-refractivity contribution in [1.29, 1.82) is 0 Å². The normalized spacial score (nSPS) is 17.6. The third kappa shape index (κ3) is 4.00. The number of nitrogens with zero attached hydrogens (tertiary/aromatic N) is 2. The lowest BCUT2D eigenvalue weighted by Crippen LogP contribution is -2.35. The molecule has 1 saturated heterocycles. The summed E-state index contributed by atoms with van der Waals surface area (Å²) < 4.78 is 0. The van der Waals surface area contributed by atoms with Gasteiger partial charge in [-0.2, -0.15) is 0 Å². The highest BCUT2D eigenvalue weighted by molar-refractivity contribution is 7.15. The molecule has 3 nitrogen and oxygen atoms in total. The van der Waals surface area contributed by atoms with E-state index in [1.54, 1.807) is 0 Å². The van der Waals surface area contributed by atoms with Gasteiger partial charge in [0.15, 0.2) is 0 Å². The number of thiazole rings is 1. The van der Waals surface area contributed by atoms with Gasteiger partial charge in [0.1, 0.15) is 5.01 Å². The number of nitrogens with one attached hydrogen (secondary N) is 1. The maximum absolute atomic E-state index is 4.81. The van der Waals surface area contributed by atoms with Crippen molar-refractivity contribution in [1.82, 2.24) is 15.2 Å². The summed E-state index contributed by atoms with van der Waals surface area (Å²) in [6.45, 7) is 7.99. The molecule has 1 aromatic carbocycles. The van der Waals surface area contributed by atoms with Crippen LogP contribution in [0.15, 0.2) is 30.3 Å². The summed E-state index contributed by atoms with van der Waals surface area (Å²) in [5.41, 5.74) is 2.40. The molecule has 0 aliphatic carbocycles. The second kappa shape index (κ2) is 7.56. The zero-order valence-corrected chi connectivity index (χ0v) is 15.2. The van der Waals surface area contributed by atoms with Crippen LogP contribution in [0.4, 0.5) is 0 Å². The Labute approximate surface area is 143 Å². The van der Waals surface area contributed by atoms with Gasteiger partial charge in [-0.15, -0.1) is 11.3 Å². The number of hydrogen-bond donors (Lipinski definition) is 1. The molecule has 0 spiro atoms. The molecule has 1 aliphatic heterocycles. The largest absolute Gasteiger partial charge is 0.317 e. The Kier molecular flexibility index (Phi) is 5.46. The van der Waals surface area contributed by atoms with E-state index in [-0.39, 0.29) is 0 Å². The molecule has 2 aromatic rings. The number of aryl methyl sites for hydroxylation is 1. The molecule has 4 heteroatoms. The van der Waals surface area contributed by atoms with Crippen molar-refractivity contribution < 1.29 is 0 Å². The van der Waals surface area contributed by atoms with Gasteiger partial charge in [-0.25, -0.2) is 4.98 Å². The van der Waals surface area contributed by atoms with E-state index in [0.717, 1.165) is 10.9 Å². The van der Waals surface area contributed by atoms with Crippen LogP contribution in [0.5, 0.6) is 0 Å². The van der Waals surface area contributed by atoms with Crippen LogP contribution in [0.1, 0.15) is 36.4 Å². The van der Waals surface area contributed by atoms with Gasteiger partial charge < -0.3 is 5.32 Å². The summed E-state index contributed by atoms with van der Waals surface area (Å²) in [6.07, 6.45) is 2.60. The van der Waals surface area contributed by atoms with E-state index in [2.05, 4.69) is 61.4 Å². The second-order valence-electron chi connectivity index (χ2n) is 6.64. The van der Waals surface area contributed by atoms with Crippen LogP contribution in [0.25, 0.3) is 10.6 Å². The summed E-state index contributed by atoms with van der Waals surface area (Å²) in [5, 5.41) is 4.59. The molecular weight excluding hydrogens is 302 g/mol. The molecular formula is C19H27N3S. The molecule has 0 saturated carbocycles. The van der Waals surface area contributed by atoms with Crippen molar-refractivity contribution in [3.8, 4) is 10.6 Å². The molecule has 1 N–H and O–H groups in total. The van der Waals surface area contributed by atoms with Crippen LogP contribution in [0.3, 0.4) is 0 Å². The molecule has 1 unspecified atom stereocenters. The van der Waals surface area contributed by atoms with Crippen LogP contribution in [0.2, 0.25) is 0 Å². The van der Waals surface area contributed by atoms with E-state index in [0.29, 0.717) is 6.04 Å². The fourth-order valence-electron chi connectivity index (χ4n) is 3.33. The first-order chi connectivity index (χ1) is 11.1. The highest BCUT2D eigenvalue weighted by atomic mass is 32.1. The van der Waals surface area contributed by atoms with Gasteiger partial charge in [-0.3, -0.25) is 4.90 Å². The highest BCUT2D eigenvalue weighted by Gasteiger charge is 2.22. The first kappa shape index (κ1) is 16.6. The molecule has 0 radical (unpaired) electrons.